The van der Waals surface area contributed by atoms with Gasteiger partial charge in [0.25, 0.3) is 0 Å². The van der Waals surface area contributed by atoms with Crippen LogP contribution in [-0.2, 0) is 6.42 Å². The fourth-order valence-corrected chi connectivity index (χ4v) is 2.38. The van der Waals surface area contributed by atoms with Gasteiger partial charge in [0.1, 0.15) is 23.3 Å². The first-order valence-corrected chi connectivity index (χ1v) is 6.62. The van der Waals surface area contributed by atoms with Gasteiger partial charge in [-0.05, 0) is 35.9 Å². The van der Waals surface area contributed by atoms with Gasteiger partial charge in [-0.3, -0.25) is 0 Å². The first-order valence-electron chi connectivity index (χ1n) is 6.24. The van der Waals surface area contributed by atoms with Crippen molar-refractivity contribution in [1.29, 1.82) is 0 Å². The monoisotopic (exact) mass is 290 g/mol. The summed E-state index contributed by atoms with van der Waals surface area (Å²) >= 11 is 6.06. The summed E-state index contributed by atoms with van der Waals surface area (Å²) in [5, 5.41) is 11.5. The molecule has 1 heterocycles. The standard InChI is InChI=1S/C16H12ClFO2/c17-13-4-2-1-3-10(13)8-14(19)16-9-11-7-12(18)5-6-15(11)20-16/h1-7,9,14,19H,8H2. The topological polar surface area (TPSA) is 33.4 Å². The molecule has 3 aromatic rings. The molecular formula is C16H12ClFO2. The molecule has 0 spiro atoms. The minimum atomic E-state index is -0.814. The Morgan fingerprint density at radius 2 is 1.95 bits per heavy atom. The van der Waals surface area contributed by atoms with Crippen LogP contribution in [0.1, 0.15) is 17.4 Å². The summed E-state index contributed by atoms with van der Waals surface area (Å²) in [6.07, 6.45) is -0.465. The third-order valence-electron chi connectivity index (χ3n) is 3.20. The zero-order valence-corrected chi connectivity index (χ0v) is 11.3. The van der Waals surface area contributed by atoms with E-state index in [1.165, 1.54) is 12.1 Å². The van der Waals surface area contributed by atoms with Gasteiger partial charge in [-0.1, -0.05) is 29.8 Å². The molecule has 0 aliphatic carbocycles. The third kappa shape index (κ3) is 2.55. The van der Waals surface area contributed by atoms with E-state index in [2.05, 4.69) is 0 Å². The van der Waals surface area contributed by atoms with Crippen molar-refractivity contribution in [1.82, 2.24) is 0 Å². The molecule has 1 N–H and O–H groups in total. The lowest BCUT2D eigenvalue weighted by Gasteiger charge is -2.08. The van der Waals surface area contributed by atoms with Crippen molar-refractivity contribution in [3.8, 4) is 0 Å². The van der Waals surface area contributed by atoms with Gasteiger partial charge in [0.05, 0.1) is 0 Å². The minimum Gasteiger partial charge on any atom is -0.458 e. The molecule has 0 bridgehead atoms. The number of benzene rings is 2. The number of aliphatic hydroxyl groups is 1. The van der Waals surface area contributed by atoms with Crippen molar-refractivity contribution in [2.24, 2.45) is 0 Å². The number of halogens is 2. The summed E-state index contributed by atoms with van der Waals surface area (Å²) in [7, 11) is 0. The number of furan rings is 1. The number of fused-ring (bicyclic) bond motifs is 1. The minimum absolute atomic E-state index is 0.328. The zero-order chi connectivity index (χ0) is 14.1. The first-order chi connectivity index (χ1) is 9.63. The number of hydrogen-bond donors (Lipinski definition) is 1. The highest BCUT2D eigenvalue weighted by molar-refractivity contribution is 6.31. The molecule has 3 rings (SSSR count). The lowest BCUT2D eigenvalue weighted by molar-refractivity contribution is 0.152. The van der Waals surface area contributed by atoms with Crippen LogP contribution in [0.15, 0.2) is 52.9 Å². The molecule has 1 aromatic heterocycles. The second kappa shape index (κ2) is 5.27. The predicted molar refractivity (Wildman–Crippen MR) is 76.3 cm³/mol. The average molecular weight is 291 g/mol. The normalized spacial score (nSPS) is 12.8. The van der Waals surface area contributed by atoms with Gasteiger partial charge in [0.2, 0.25) is 0 Å². The third-order valence-corrected chi connectivity index (χ3v) is 3.57. The highest BCUT2D eigenvalue weighted by Gasteiger charge is 2.15. The van der Waals surface area contributed by atoms with Crippen LogP contribution >= 0.6 is 11.6 Å². The lowest BCUT2D eigenvalue weighted by Crippen LogP contribution is -2.00. The lowest BCUT2D eigenvalue weighted by atomic mass is 10.1. The van der Waals surface area contributed by atoms with Crippen LogP contribution in [0.5, 0.6) is 0 Å². The van der Waals surface area contributed by atoms with Crippen LogP contribution in [0.2, 0.25) is 5.02 Å². The Morgan fingerprint density at radius 1 is 1.15 bits per heavy atom. The van der Waals surface area contributed by atoms with Gasteiger partial charge in [-0.2, -0.15) is 0 Å². The van der Waals surface area contributed by atoms with Crippen molar-refractivity contribution < 1.29 is 13.9 Å². The van der Waals surface area contributed by atoms with Crippen LogP contribution in [0.25, 0.3) is 11.0 Å². The molecule has 1 atom stereocenters. The second-order valence-corrected chi connectivity index (χ2v) is 5.05. The molecule has 2 nitrogen and oxygen atoms in total. The maximum atomic E-state index is 13.1. The number of aliphatic hydroxyl groups excluding tert-OH is 1. The van der Waals surface area contributed by atoms with Gasteiger partial charge in [0.15, 0.2) is 0 Å². The van der Waals surface area contributed by atoms with E-state index in [1.54, 1.807) is 18.2 Å². The van der Waals surface area contributed by atoms with Crippen molar-refractivity contribution in [2.45, 2.75) is 12.5 Å². The molecule has 0 amide bonds. The van der Waals surface area contributed by atoms with Crippen molar-refractivity contribution >= 4 is 22.6 Å². The first kappa shape index (κ1) is 13.2. The molecular weight excluding hydrogens is 279 g/mol. The quantitative estimate of drug-likeness (QED) is 0.770. The van der Waals surface area contributed by atoms with E-state index in [-0.39, 0.29) is 5.82 Å². The van der Waals surface area contributed by atoms with Gasteiger partial charge in [-0.25, -0.2) is 4.39 Å². The Labute approximate surface area is 120 Å². The fourth-order valence-electron chi connectivity index (χ4n) is 2.17. The summed E-state index contributed by atoms with van der Waals surface area (Å²) in [6.45, 7) is 0. The maximum Gasteiger partial charge on any atom is 0.134 e. The van der Waals surface area contributed by atoms with E-state index in [9.17, 15) is 9.50 Å². The largest absolute Gasteiger partial charge is 0.458 e. The molecule has 0 aliphatic rings. The van der Waals surface area contributed by atoms with E-state index < -0.39 is 6.10 Å². The van der Waals surface area contributed by atoms with Gasteiger partial charge in [-0.15, -0.1) is 0 Å². The average Bonchev–Trinajstić information content (AvgIpc) is 2.84. The zero-order valence-electron chi connectivity index (χ0n) is 10.5. The van der Waals surface area contributed by atoms with Crippen molar-refractivity contribution in [3.63, 3.8) is 0 Å². The number of hydrogen-bond acceptors (Lipinski definition) is 2. The predicted octanol–water partition coefficient (Wildman–Crippen LogP) is 4.50. The van der Waals surface area contributed by atoms with Crippen LogP contribution in [0.4, 0.5) is 4.39 Å². The maximum absolute atomic E-state index is 13.1. The Hall–Kier alpha value is -1.84. The van der Waals surface area contributed by atoms with Crippen molar-refractivity contribution in [2.75, 3.05) is 0 Å². The summed E-state index contributed by atoms with van der Waals surface area (Å²) in [6, 6.07) is 13.2. The van der Waals surface area contributed by atoms with Gasteiger partial charge >= 0.3 is 0 Å². The van der Waals surface area contributed by atoms with E-state index in [0.717, 1.165) is 5.56 Å². The molecule has 4 heteroatoms. The molecule has 102 valence electrons. The molecule has 0 radical (unpaired) electrons. The molecule has 0 aliphatic heterocycles. The number of rotatable bonds is 3. The van der Waals surface area contributed by atoms with Gasteiger partial charge in [0, 0.05) is 16.8 Å². The second-order valence-electron chi connectivity index (χ2n) is 4.64. The van der Waals surface area contributed by atoms with Crippen LogP contribution in [0.3, 0.4) is 0 Å². The van der Waals surface area contributed by atoms with Gasteiger partial charge < -0.3 is 9.52 Å². The van der Waals surface area contributed by atoms with Crippen LogP contribution < -0.4 is 0 Å². The Balaban J connectivity index is 1.89. The SMILES string of the molecule is OC(Cc1ccccc1Cl)c1cc2cc(F)ccc2o1. The summed E-state index contributed by atoms with van der Waals surface area (Å²) in [4.78, 5) is 0. The summed E-state index contributed by atoms with van der Waals surface area (Å²) in [5.41, 5.74) is 1.40. The van der Waals surface area contributed by atoms with E-state index >= 15 is 0 Å². The van der Waals surface area contributed by atoms with Crippen LogP contribution in [-0.4, -0.2) is 5.11 Å². The molecule has 0 saturated heterocycles. The fraction of sp³-hybridized carbons (Fsp3) is 0.125. The molecule has 0 fully saturated rings. The smallest absolute Gasteiger partial charge is 0.134 e. The summed E-state index contributed by atoms with van der Waals surface area (Å²) < 4.78 is 18.7. The van der Waals surface area contributed by atoms with Crippen molar-refractivity contribution in [3.05, 3.63) is 70.7 Å². The summed E-state index contributed by atoms with van der Waals surface area (Å²) in [5.74, 6) is 0.0796. The molecule has 2 aromatic carbocycles. The van der Waals surface area contributed by atoms with E-state index in [4.69, 9.17) is 16.0 Å². The molecule has 1 unspecified atom stereocenters. The van der Waals surface area contributed by atoms with E-state index in [1.807, 2.05) is 18.2 Å². The Kier molecular flexibility index (Phi) is 3.47. The molecule has 0 saturated carbocycles. The highest BCUT2D eigenvalue weighted by atomic mass is 35.5. The van der Waals surface area contributed by atoms with E-state index in [0.29, 0.717) is 28.2 Å². The Morgan fingerprint density at radius 3 is 2.75 bits per heavy atom. The Bertz CT molecular complexity index is 751. The highest BCUT2D eigenvalue weighted by Crippen LogP contribution is 2.28. The molecule has 20 heavy (non-hydrogen) atoms. The van der Waals surface area contributed by atoms with Crippen LogP contribution in [0, 0.1) is 5.82 Å².